The van der Waals surface area contributed by atoms with Gasteiger partial charge < -0.3 is 9.84 Å². The molecular weight excluding hydrogens is 270 g/mol. The number of methoxy groups -OCH3 is 1. The zero-order chi connectivity index (χ0) is 14.3. The third-order valence-electron chi connectivity index (χ3n) is 3.40. The highest BCUT2D eigenvalue weighted by Crippen LogP contribution is 2.20. The van der Waals surface area contributed by atoms with E-state index in [2.05, 4.69) is 4.74 Å². The Morgan fingerprint density at radius 2 is 2.11 bits per heavy atom. The van der Waals surface area contributed by atoms with Crippen molar-refractivity contribution in [3.05, 3.63) is 0 Å². The lowest BCUT2D eigenvalue weighted by molar-refractivity contribution is -0.140. The van der Waals surface area contributed by atoms with E-state index in [1.165, 1.54) is 11.4 Å². The smallest absolute Gasteiger partial charge is 0.305 e. The molecule has 19 heavy (non-hydrogen) atoms. The summed E-state index contributed by atoms with van der Waals surface area (Å²) in [7, 11) is -2.12. The first-order valence-electron chi connectivity index (χ1n) is 6.68. The molecule has 112 valence electrons. The third kappa shape index (κ3) is 5.08. The van der Waals surface area contributed by atoms with Crippen LogP contribution in [0.1, 0.15) is 38.5 Å². The van der Waals surface area contributed by atoms with Gasteiger partial charge in [0.15, 0.2) is 0 Å². The van der Waals surface area contributed by atoms with Gasteiger partial charge in [-0.2, -0.15) is 4.31 Å². The van der Waals surface area contributed by atoms with E-state index in [1.54, 1.807) is 0 Å². The summed E-state index contributed by atoms with van der Waals surface area (Å²) in [6.07, 6.45) is 3.82. The molecule has 1 heterocycles. The van der Waals surface area contributed by atoms with Crippen LogP contribution in [0.4, 0.5) is 0 Å². The molecule has 0 radical (unpaired) electrons. The van der Waals surface area contributed by atoms with E-state index in [4.69, 9.17) is 0 Å². The van der Waals surface area contributed by atoms with Crippen molar-refractivity contribution in [3.8, 4) is 0 Å². The van der Waals surface area contributed by atoms with Gasteiger partial charge in [0, 0.05) is 19.0 Å². The summed E-state index contributed by atoms with van der Waals surface area (Å²) < 4.78 is 30.4. The number of nitrogens with zero attached hydrogens (tertiary/aromatic N) is 1. The molecule has 1 atom stereocenters. The molecule has 0 bridgehead atoms. The maximum absolute atomic E-state index is 12.2. The van der Waals surface area contributed by atoms with Crippen molar-refractivity contribution in [1.29, 1.82) is 0 Å². The van der Waals surface area contributed by atoms with Crippen LogP contribution in [0.15, 0.2) is 0 Å². The predicted octanol–water partition coefficient (Wildman–Crippen LogP) is 0.506. The largest absolute Gasteiger partial charge is 0.469 e. The minimum absolute atomic E-state index is 0.0708. The van der Waals surface area contributed by atoms with Gasteiger partial charge in [0.1, 0.15) is 0 Å². The maximum atomic E-state index is 12.2. The SMILES string of the molecule is COC(=O)CCCS(=O)(=O)N1CCCCCC1CO. The molecular formula is C12H23NO5S. The number of hydrogen-bond donors (Lipinski definition) is 1. The molecule has 1 rings (SSSR count). The number of esters is 1. The summed E-state index contributed by atoms with van der Waals surface area (Å²) >= 11 is 0. The van der Waals surface area contributed by atoms with Gasteiger partial charge in [-0.15, -0.1) is 0 Å². The fourth-order valence-corrected chi connectivity index (χ4v) is 4.09. The van der Waals surface area contributed by atoms with Gasteiger partial charge in [-0.25, -0.2) is 8.42 Å². The van der Waals surface area contributed by atoms with E-state index in [-0.39, 0.29) is 31.2 Å². The Bertz CT molecular complexity index is 382. The topological polar surface area (TPSA) is 83.9 Å². The van der Waals surface area contributed by atoms with Gasteiger partial charge >= 0.3 is 5.97 Å². The summed E-state index contributed by atoms with van der Waals surface area (Å²) in [5, 5.41) is 9.32. The molecule has 0 aromatic heterocycles. The van der Waals surface area contributed by atoms with Gasteiger partial charge in [0.25, 0.3) is 0 Å². The number of hydrogen-bond acceptors (Lipinski definition) is 5. The lowest BCUT2D eigenvalue weighted by Crippen LogP contribution is -2.43. The van der Waals surface area contributed by atoms with Crippen LogP contribution in [0, 0.1) is 0 Å². The van der Waals surface area contributed by atoms with Crippen LogP contribution >= 0.6 is 0 Å². The van der Waals surface area contributed by atoms with Crippen LogP contribution in [0.2, 0.25) is 0 Å². The van der Waals surface area contributed by atoms with Gasteiger partial charge in [0.05, 0.1) is 19.5 Å². The quantitative estimate of drug-likeness (QED) is 0.721. The Kier molecular flexibility index (Phi) is 6.74. The Balaban J connectivity index is 2.60. The second-order valence-electron chi connectivity index (χ2n) is 4.79. The molecule has 0 aromatic carbocycles. The number of ether oxygens (including phenoxy) is 1. The predicted molar refractivity (Wildman–Crippen MR) is 71.1 cm³/mol. The van der Waals surface area contributed by atoms with Crippen LogP contribution in [0.25, 0.3) is 0 Å². The molecule has 1 N–H and O–H groups in total. The highest BCUT2D eigenvalue weighted by atomic mass is 32.2. The molecule has 1 aliphatic heterocycles. The number of sulfonamides is 1. The molecule has 0 aliphatic carbocycles. The monoisotopic (exact) mass is 293 g/mol. The fraction of sp³-hybridized carbons (Fsp3) is 0.917. The average molecular weight is 293 g/mol. The highest BCUT2D eigenvalue weighted by molar-refractivity contribution is 7.89. The molecule has 1 saturated heterocycles. The number of rotatable bonds is 6. The average Bonchev–Trinajstić information content (AvgIpc) is 2.63. The normalized spacial score (nSPS) is 21.9. The lowest BCUT2D eigenvalue weighted by Gasteiger charge is -2.27. The zero-order valence-corrected chi connectivity index (χ0v) is 12.2. The second kappa shape index (κ2) is 7.81. The van der Waals surface area contributed by atoms with E-state index in [1.807, 2.05) is 0 Å². The van der Waals surface area contributed by atoms with E-state index in [0.29, 0.717) is 13.0 Å². The molecule has 6 nitrogen and oxygen atoms in total. The first-order valence-corrected chi connectivity index (χ1v) is 8.29. The van der Waals surface area contributed by atoms with Gasteiger partial charge in [-0.3, -0.25) is 4.79 Å². The minimum Gasteiger partial charge on any atom is -0.469 e. The Morgan fingerprint density at radius 1 is 1.37 bits per heavy atom. The standard InChI is InChI=1S/C12H23NO5S/c1-18-12(15)7-5-9-19(16,17)13-8-4-2-3-6-11(13)10-14/h11,14H,2-10H2,1H3. The number of carbonyl (C=O) groups excluding carboxylic acids is 1. The van der Waals surface area contributed by atoms with E-state index < -0.39 is 16.0 Å². The molecule has 0 aromatic rings. The Labute approximate surface area is 114 Å². The first kappa shape index (κ1) is 16.4. The molecule has 1 unspecified atom stereocenters. The van der Waals surface area contributed by atoms with Gasteiger partial charge in [0.2, 0.25) is 10.0 Å². The van der Waals surface area contributed by atoms with Crippen molar-refractivity contribution in [3.63, 3.8) is 0 Å². The molecule has 1 aliphatic rings. The lowest BCUT2D eigenvalue weighted by atomic mass is 10.1. The van der Waals surface area contributed by atoms with Crippen molar-refractivity contribution >= 4 is 16.0 Å². The van der Waals surface area contributed by atoms with Gasteiger partial charge in [-0.05, 0) is 19.3 Å². The summed E-state index contributed by atoms with van der Waals surface area (Å²) in [5.74, 6) is -0.469. The number of aliphatic hydroxyl groups is 1. The Hall–Kier alpha value is -0.660. The third-order valence-corrected chi connectivity index (χ3v) is 5.40. The molecule has 1 fully saturated rings. The Morgan fingerprint density at radius 3 is 2.74 bits per heavy atom. The van der Waals surface area contributed by atoms with Gasteiger partial charge in [-0.1, -0.05) is 12.8 Å². The summed E-state index contributed by atoms with van der Waals surface area (Å²) in [4.78, 5) is 11.0. The first-order chi connectivity index (χ1) is 9.01. The van der Waals surface area contributed by atoms with Crippen LogP contribution in [0.3, 0.4) is 0 Å². The molecule has 0 spiro atoms. The second-order valence-corrected chi connectivity index (χ2v) is 6.83. The number of aliphatic hydroxyl groups excluding tert-OH is 1. The summed E-state index contributed by atoms with van der Waals surface area (Å²) in [5.41, 5.74) is 0. The molecule has 0 amide bonds. The van der Waals surface area contributed by atoms with Crippen LogP contribution in [-0.4, -0.2) is 55.9 Å². The van der Waals surface area contributed by atoms with Crippen LogP contribution in [0.5, 0.6) is 0 Å². The van der Waals surface area contributed by atoms with Crippen molar-refractivity contribution in [2.75, 3.05) is 26.0 Å². The number of carbonyl (C=O) groups is 1. The van der Waals surface area contributed by atoms with Crippen LogP contribution in [-0.2, 0) is 19.6 Å². The highest BCUT2D eigenvalue weighted by Gasteiger charge is 2.30. The van der Waals surface area contributed by atoms with Crippen molar-refractivity contribution in [2.45, 2.75) is 44.6 Å². The van der Waals surface area contributed by atoms with Crippen molar-refractivity contribution in [2.24, 2.45) is 0 Å². The zero-order valence-electron chi connectivity index (χ0n) is 11.4. The summed E-state index contributed by atoms with van der Waals surface area (Å²) in [6, 6.07) is -0.314. The van der Waals surface area contributed by atoms with Crippen molar-refractivity contribution < 1.29 is 23.1 Å². The van der Waals surface area contributed by atoms with E-state index in [0.717, 1.165) is 19.3 Å². The molecule has 0 saturated carbocycles. The minimum atomic E-state index is -3.41. The van der Waals surface area contributed by atoms with Crippen LogP contribution < -0.4 is 0 Å². The summed E-state index contributed by atoms with van der Waals surface area (Å²) in [6.45, 7) is 0.321. The van der Waals surface area contributed by atoms with E-state index in [9.17, 15) is 18.3 Å². The fourth-order valence-electron chi connectivity index (χ4n) is 2.32. The van der Waals surface area contributed by atoms with E-state index >= 15 is 0 Å². The van der Waals surface area contributed by atoms with Crippen molar-refractivity contribution in [1.82, 2.24) is 4.31 Å². The maximum Gasteiger partial charge on any atom is 0.305 e. The molecule has 7 heteroatoms.